The van der Waals surface area contributed by atoms with Gasteiger partial charge < -0.3 is 10.1 Å². The molecule has 2 atom stereocenters. The van der Waals surface area contributed by atoms with Crippen LogP contribution in [0.25, 0.3) is 0 Å². The van der Waals surface area contributed by atoms with Crippen LogP contribution < -0.4 is 5.32 Å². The van der Waals surface area contributed by atoms with E-state index in [1.165, 1.54) is 12.4 Å². The van der Waals surface area contributed by atoms with Crippen LogP contribution in [-0.2, 0) is 32.5 Å². The van der Waals surface area contributed by atoms with E-state index < -0.39 is 22.8 Å². The van der Waals surface area contributed by atoms with E-state index in [2.05, 4.69) is 15.3 Å². The van der Waals surface area contributed by atoms with Crippen molar-refractivity contribution in [3.63, 3.8) is 0 Å². The summed E-state index contributed by atoms with van der Waals surface area (Å²) < 4.78 is 28.0. The first-order chi connectivity index (χ1) is 17.5. The second-order valence-electron chi connectivity index (χ2n) is 8.05. The summed E-state index contributed by atoms with van der Waals surface area (Å²) in [6, 6.07) is 15.9. The summed E-state index contributed by atoms with van der Waals surface area (Å²) in [6.07, 6.45) is 3.09. The fourth-order valence-corrected chi connectivity index (χ4v) is 4.25. The number of rotatable bonds is 9. The topological polar surface area (TPSA) is 131 Å². The number of hydrazone groups is 1. The van der Waals surface area contributed by atoms with Gasteiger partial charge in [0.05, 0.1) is 18.0 Å². The van der Waals surface area contributed by atoms with E-state index in [1.807, 2.05) is 31.2 Å². The zero-order valence-corrected chi connectivity index (χ0v) is 20.4. The first-order valence-corrected chi connectivity index (χ1v) is 12.7. The van der Waals surface area contributed by atoms with Crippen molar-refractivity contribution in [2.75, 3.05) is 5.32 Å². The maximum absolute atomic E-state index is 12.3. The molecule has 1 N–H and O–H groups in total. The van der Waals surface area contributed by atoms with Gasteiger partial charge in [-0.05, 0) is 35.7 Å². The molecule has 0 radical (unpaired) electrons. The summed E-state index contributed by atoms with van der Waals surface area (Å²) >= 11 is 0. The molecule has 1 aliphatic rings. The summed E-state index contributed by atoms with van der Waals surface area (Å²) in [5.74, 6) is -0.367. The molecule has 11 heteroatoms. The highest BCUT2D eigenvalue weighted by atomic mass is 32.2. The quantitative estimate of drug-likeness (QED) is 0.333. The lowest BCUT2D eigenvalue weighted by molar-refractivity contribution is -0.139. The fraction of sp³-hybridized carbons (Fsp3) is 0.240. The Balaban J connectivity index is 1.51. The Labute approximate surface area is 210 Å². The van der Waals surface area contributed by atoms with Gasteiger partial charge in [0.1, 0.15) is 16.8 Å². The van der Waals surface area contributed by atoms with E-state index in [0.29, 0.717) is 36.2 Å². The fourth-order valence-electron chi connectivity index (χ4n) is 3.74. The first-order valence-electron chi connectivity index (χ1n) is 11.3. The minimum absolute atomic E-state index is 0.0239. The average Bonchev–Trinajstić information content (AvgIpc) is 2.90. The van der Waals surface area contributed by atoms with E-state index in [0.717, 1.165) is 11.1 Å². The molecule has 3 aromatic rings. The van der Waals surface area contributed by atoms with Crippen LogP contribution in [0.4, 0.5) is 5.69 Å². The molecular formula is C25H25N5O5S. The predicted octanol–water partition coefficient (Wildman–Crippen LogP) is 2.38. The maximum Gasteiger partial charge on any atom is 0.293 e. The van der Waals surface area contributed by atoms with Crippen molar-refractivity contribution >= 4 is 34.3 Å². The third-order valence-corrected chi connectivity index (χ3v) is 6.14. The van der Waals surface area contributed by atoms with Gasteiger partial charge in [-0.2, -0.15) is 5.10 Å². The van der Waals surface area contributed by atoms with E-state index >= 15 is 0 Å². The minimum Gasteiger partial charge on any atom is -0.340 e. The van der Waals surface area contributed by atoms with Gasteiger partial charge in [0.2, 0.25) is 12.1 Å². The smallest absolute Gasteiger partial charge is 0.293 e. The molecule has 2 unspecified atom stereocenters. The Kier molecular flexibility index (Phi) is 8.13. The standard InChI is InChI=1S/C25H25N5O5S/c1-2-21-23(19-8-4-18(5-9-19)16-36(33)34)29-30(22(15-31)35-21)14-17-6-10-20(11-7-17)28-25(32)24-26-12-3-13-27-24/h3-13,15,21-22,36H,2,14,16H2,1H3,(H,28,32). The molecule has 0 saturated carbocycles. The van der Waals surface area contributed by atoms with Crippen LogP contribution in [0.15, 0.2) is 72.1 Å². The molecule has 0 spiro atoms. The number of nitrogens with one attached hydrogen (secondary N) is 1. The van der Waals surface area contributed by atoms with Gasteiger partial charge in [0, 0.05) is 23.6 Å². The van der Waals surface area contributed by atoms with Crippen molar-refractivity contribution in [1.29, 1.82) is 0 Å². The highest BCUT2D eigenvalue weighted by molar-refractivity contribution is 7.71. The monoisotopic (exact) mass is 507 g/mol. The van der Waals surface area contributed by atoms with E-state index in [4.69, 9.17) is 9.84 Å². The number of carbonyl (C=O) groups excluding carboxylic acids is 2. The van der Waals surface area contributed by atoms with Crippen LogP contribution in [0, 0.1) is 0 Å². The van der Waals surface area contributed by atoms with Crippen molar-refractivity contribution in [1.82, 2.24) is 15.0 Å². The average molecular weight is 508 g/mol. The minimum atomic E-state index is -2.51. The van der Waals surface area contributed by atoms with E-state index in [9.17, 15) is 18.0 Å². The summed E-state index contributed by atoms with van der Waals surface area (Å²) in [5.41, 5.74) is 3.58. The Morgan fingerprint density at radius 1 is 1.06 bits per heavy atom. The van der Waals surface area contributed by atoms with Gasteiger partial charge in [-0.1, -0.05) is 43.3 Å². The van der Waals surface area contributed by atoms with Crippen LogP contribution >= 0.6 is 0 Å². The van der Waals surface area contributed by atoms with Crippen molar-refractivity contribution < 1.29 is 22.7 Å². The van der Waals surface area contributed by atoms with Crippen molar-refractivity contribution in [3.05, 3.63) is 89.5 Å². The molecule has 1 aromatic heterocycles. The Morgan fingerprint density at radius 3 is 2.33 bits per heavy atom. The lowest BCUT2D eigenvalue weighted by Gasteiger charge is -2.35. The molecule has 0 bridgehead atoms. The predicted molar refractivity (Wildman–Crippen MR) is 134 cm³/mol. The number of aromatic nitrogens is 2. The number of benzene rings is 2. The van der Waals surface area contributed by atoms with Gasteiger partial charge in [-0.15, -0.1) is 0 Å². The number of ether oxygens (including phenoxy) is 1. The highest BCUT2D eigenvalue weighted by Gasteiger charge is 2.31. The number of nitrogens with zero attached hydrogens (tertiary/aromatic N) is 4. The van der Waals surface area contributed by atoms with Crippen molar-refractivity contribution in [2.45, 2.75) is 38.0 Å². The number of aldehydes is 1. The van der Waals surface area contributed by atoms with Crippen LogP contribution in [0.2, 0.25) is 0 Å². The number of thiol groups is 1. The largest absolute Gasteiger partial charge is 0.340 e. The van der Waals surface area contributed by atoms with E-state index in [-0.39, 0.29) is 17.7 Å². The van der Waals surface area contributed by atoms with Crippen molar-refractivity contribution in [2.24, 2.45) is 5.10 Å². The molecule has 0 fully saturated rings. The molecular weight excluding hydrogens is 482 g/mol. The van der Waals surface area contributed by atoms with Crippen LogP contribution in [0.3, 0.4) is 0 Å². The SMILES string of the molecule is CCC1OC(C=O)N(Cc2ccc(NC(=O)c3ncccn3)cc2)N=C1c1ccc(C[SH](=O)=O)cc1. The Bertz CT molecular complexity index is 1300. The lowest BCUT2D eigenvalue weighted by atomic mass is 10.0. The van der Waals surface area contributed by atoms with Gasteiger partial charge in [0.25, 0.3) is 5.91 Å². The zero-order chi connectivity index (χ0) is 25.5. The molecule has 2 aromatic carbocycles. The number of carbonyl (C=O) groups is 2. The number of anilines is 1. The van der Waals surface area contributed by atoms with Crippen LogP contribution in [0.1, 0.15) is 40.7 Å². The molecule has 186 valence electrons. The van der Waals surface area contributed by atoms with Crippen molar-refractivity contribution in [3.8, 4) is 0 Å². The molecule has 0 aliphatic carbocycles. The van der Waals surface area contributed by atoms with Crippen LogP contribution in [0.5, 0.6) is 0 Å². The molecule has 0 saturated heterocycles. The third-order valence-electron chi connectivity index (χ3n) is 5.51. The van der Waals surface area contributed by atoms with Gasteiger partial charge in [-0.3, -0.25) is 14.6 Å². The summed E-state index contributed by atoms with van der Waals surface area (Å²) in [5, 5.41) is 9.06. The molecule has 36 heavy (non-hydrogen) atoms. The second-order valence-corrected chi connectivity index (χ2v) is 9.04. The highest BCUT2D eigenvalue weighted by Crippen LogP contribution is 2.23. The molecule has 10 nitrogen and oxygen atoms in total. The first kappa shape index (κ1) is 25.1. The third kappa shape index (κ3) is 6.18. The zero-order valence-electron chi connectivity index (χ0n) is 19.5. The Morgan fingerprint density at radius 2 is 1.72 bits per heavy atom. The molecule has 1 aliphatic heterocycles. The van der Waals surface area contributed by atoms with Gasteiger partial charge in [0.15, 0.2) is 6.29 Å². The summed E-state index contributed by atoms with van der Waals surface area (Å²) in [6.45, 7) is 2.25. The van der Waals surface area contributed by atoms with Gasteiger partial charge in [-0.25, -0.2) is 18.4 Å². The lowest BCUT2D eigenvalue weighted by Crippen LogP contribution is -2.45. The number of hydrogen-bond donors (Lipinski definition) is 2. The Hall–Kier alpha value is -3.96. The normalized spacial score (nSPS) is 17.5. The van der Waals surface area contributed by atoms with Crippen LogP contribution in [-0.4, -0.2) is 53.6 Å². The van der Waals surface area contributed by atoms with Gasteiger partial charge >= 0.3 is 0 Å². The van der Waals surface area contributed by atoms with E-state index in [1.54, 1.807) is 35.3 Å². The number of amides is 1. The second kappa shape index (κ2) is 11.6. The summed E-state index contributed by atoms with van der Waals surface area (Å²) in [4.78, 5) is 31.9. The molecule has 1 amide bonds. The maximum atomic E-state index is 12.3. The molecule has 2 heterocycles. The number of hydrogen-bond acceptors (Lipinski definition) is 9. The molecule has 4 rings (SSSR count). The summed E-state index contributed by atoms with van der Waals surface area (Å²) in [7, 11) is -2.51.